The normalized spacial score (nSPS) is 13.3. The Morgan fingerprint density at radius 1 is 1.03 bits per heavy atom. The second kappa shape index (κ2) is 11.7. The standard InChI is InChI=1S/C12H12F3NO2.C7H3BrF3NO3/c13-8-5-9(7-1-3-17-4-2-7)11(10(16)6-8)18-12(14)15;8-4-1-3(9)2-5(12(13)14)6(4)15-7(10)11/h1,5-6,12H,2-4,16H2;1-2,7H. The molecule has 0 radical (unpaired) electrons. The number of nitro groups is 1. The van der Waals surface area contributed by atoms with Crippen molar-refractivity contribution in [1.29, 1.82) is 0 Å². The number of anilines is 1. The van der Waals surface area contributed by atoms with E-state index in [0.717, 1.165) is 18.2 Å². The number of alkyl halides is 4. The Balaban J connectivity index is 0.000000238. The van der Waals surface area contributed by atoms with Crippen molar-refractivity contribution in [3.8, 4) is 11.5 Å². The fraction of sp³-hybridized carbons (Fsp3) is 0.263. The molecule has 0 unspecified atom stereocenters. The molecule has 2 aromatic carbocycles. The largest absolute Gasteiger partial charge is 0.432 e. The molecule has 0 aromatic heterocycles. The van der Waals surface area contributed by atoms with Crippen LogP contribution >= 0.6 is 15.9 Å². The van der Waals surface area contributed by atoms with Gasteiger partial charge in [0.05, 0.1) is 34.4 Å². The van der Waals surface area contributed by atoms with Gasteiger partial charge in [-0.3, -0.25) is 10.1 Å². The van der Waals surface area contributed by atoms with Gasteiger partial charge in [0.25, 0.3) is 0 Å². The van der Waals surface area contributed by atoms with Crippen LogP contribution in [0, 0.1) is 21.7 Å². The fourth-order valence-corrected chi connectivity index (χ4v) is 3.25. The predicted molar refractivity (Wildman–Crippen MR) is 108 cm³/mol. The van der Waals surface area contributed by atoms with Crippen molar-refractivity contribution in [3.63, 3.8) is 0 Å². The number of nitrogens with zero attached hydrogens (tertiary/aromatic N) is 1. The van der Waals surface area contributed by atoms with E-state index in [-0.39, 0.29) is 21.5 Å². The summed E-state index contributed by atoms with van der Waals surface area (Å²) in [6.45, 7) is -5.40. The van der Waals surface area contributed by atoms with E-state index in [0.29, 0.717) is 31.3 Å². The summed E-state index contributed by atoms with van der Waals surface area (Å²) in [5.41, 5.74) is 5.48. The van der Waals surface area contributed by atoms with Crippen LogP contribution in [-0.4, -0.2) is 31.4 Å². The zero-order valence-corrected chi connectivity index (χ0v) is 18.0. The molecule has 0 spiro atoms. The Morgan fingerprint density at radius 3 is 2.18 bits per heavy atom. The van der Waals surface area contributed by atoms with Gasteiger partial charge in [-0.05, 0) is 40.1 Å². The highest BCUT2D eigenvalue weighted by Crippen LogP contribution is 2.37. The highest BCUT2D eigenvalue weighted by molar-refractivity contribution is 9.10. The molecule has 180 valence electrons. The number of nitrogens with two attached hydrogens (primary N) is 1. The minimum atomic E-state index is -3.22. The van der Waals surface area contributed by atoms with Crippen LogP contribution < -0.4 is 15.2 Å². The van der Waals surface area contributed by atoms with Crippen LogP contribution in [0.15, 0.2) is 34.8 Å². The van der Waals surface area contributed by atoms with Gasteiger partial charge in [-0.2, -0.15) is 17.6 Å². The topological polar surface area (TPSA) is 96.9 Å². The Hall–Kier alpha value is -3.00. The molecule has 33 heavy (non-hydrogen) atoms. The Labute approximate surface area is 191 Å². The van der Waals surface area contributed by atoms with E-state index >= 15 is 0 Å². The van der Waals surface area contributed by atoms with E-state index in [9.17, 15) is 36.5 Å². The molecule has 0 aliphatic carbocycles. The first-order valence-corrected chi connectivity index (χ1v) is 9.68. The van der Waals surface area contributed by atoms with Gasteiger partial charge in [-0.25, -0.2) is 8.78 Å². The minimum absolute atomic E-state index is 0.141. The molecule has 0 saturated carbocycles. The number of nitro benzene ring substituents is 1. The molecule has 2 aromatic rings. The van der Waals surface area contributed by atoms with Crippen molar-refractivity contribution in [3.05, 3.63) is 62.1 Å². The predicted octanol–water partition coefficient (Wildman–Crippen LogP) is 5.91. The number of nitrogen functional groups attached to an aromatic ring is 1. The van der Waals surface area contributed by atoms with Crippen molar-refractivity contribution in [2.75, 3.05) is 18.9 Å². The summed E-state index contributed by atoms with van der Waals surface area (Å²) in [5.74, 6) is -2.39. The maximum atomic E-state index is 13.3. The maximum Gasteiger partial charge on any atom is 0.387 e. The molecule has 7 nitrogen and oxygen atoms in total. The number of hydrogen-bond acceptors (Lipinski definition) is 6. The molecular formula is C19H15BrF6N2O5. The number of ether oxygens (including phenoxy) is 3. The van der Waals surface area contributed by atoms with Crippen LogP contribution in [0.1, 0.15) is 12.0 Å². The molecule has 0 atom stereocenters. The number of halogens is 7. The highest BCUT2D eigenvalue weighted by atomic mass is 79.9. The van der Waals surface area contributed by atoms with Gasteiger partial charge in [0, 0.05) is 11.6 Å². The van der Waals surface area contributed by atoms with Gasteiger partial charge >= 0.3 is 18.9 Å². The first-order valence-electron chi connectivity index (χ1n) is 8.88. The smallest absolute Gasteiger partial charge is 0.387 e. The third-order valence-electron chi connectivity index (χ3n) is 3.99. The third-order valence-corrected chi connectivity index (χ3v) is 4.58. The van der Waals surface area contributed by atoms with Crippen LogP contribution in [0.2, 0.25) is 0 Å². The molecule has 0 amide bonds. The van der Waals surface area contributed by atoms with Gasteiger partial charge < -0.3 is 19.9 Å². The van der Waals surface area contributed by atoms with E-state index in [2.05, 4.69) is 25.4 Å². The molecule has 1 aliphatic heterocycles. The lowest BCUT2D eigenvalue weighted by molar-refractivity contribution is -0.386. The lowest BCUT2D eigenvalue weighted by atomic mass is 9.99. The molecule has 0 bridgehead atoms. The second-order valence-electron chi connectivity index (χ2n) is 6.18. The lowest BCUT2D eigenvalue weighted by Gasteiger charge is -2.18. The van der Waals surface area contributed by atoms with E-state index in [4.69, 9.17) is 10.5 Å². The van der Waals surface area contributed by atoms with Crippen LogP contribution in [0.25, 0.3) is 5.57 Å². The summed E-state index contributed by atoms with van der Waals surface area (Å²) in [6, 6.07) is 3.40. The van der Waals surface area contributed by atoms with Crippen molar-refractivity contribution < 1.29 is 45.5 Å². The molecule has 1 heterocycles. The van der Waals surface area contributed by atoms with Gasteiger partial charge in [-0.1, -0.05) is 6.08 Å². The van der Waals surface area contributed by atoms with Crippen molar-refractivity contribution in [1.82, 2.24) is 0 Å². The average molecular weight is 545 g/mol. The molecular weight excluding hydrogens is 530 g/mol. The maximum absolute atomic E-state index is 13.3. The number of benzene rings is 2. The SMILES string of the molecule is Nc1cc(F)cc(C2=CCOCC2)c1OC(F)F.O=[N+]([O-])c1cc(F)cc(Br)c1OC(F)F. The first-order chi connectivity index (χ1) is 15.5. The van der Waals surface area contributed by atoms with E-state index in [1.807, 2.05) is 0 Å². The molecule has 14 heteroatoms. The summed E-state index contributed by atoms with van der Waals surface area (Å²) in [7, 11) is 0. The summed E-state index contributed by atoms with van der Waals surface area (Å²) in [4.78, 5) is 9.39. The molecule has 0 fully saturated rings. The van der Waals surface area contributed by atoms with Crippen molar-refractivity contribution in [2.45, 2.75) is 19.6 Å². The second-order valence-corrected chi connectivity index (χ2v) is 7.03. The molecule has 1 aliphatic rings. The van der Waals surface area contributed by atoms with E-state index in [1.165, 1.54) is 0 Å². The summed E-state index contributed by atoms with van der Waals surface area (Å²) >= 11 is 2.69. The molecule has 3 rings (SSSR count). The number of rotatable bonds is 6. The fourth-order valence-electron chi connectivity index (χ4n) is 2.73. The van der Waals surface area contributed by atoms with Gasteiger partial charge in [0.1, 0.15) is 11.6 Å². The average Bonchev–Trinajstić information content (AvgIpc) is 2.72. The van der Waals surface area contributed by atoms with Crippen LogP contribution in [0.5, 0.6) is 11.5 Å². The lowest BCUT2D eigenvalue weighted by Crippen LogP contribution is -2.10. The monoisotopic (exact) mass is 544 g/mol. The van der Waals surface area contributed by atoms with Crippen LogP contribution in [0.4, 0.5) is 37.7 Å². The van der Waals surface area contributed by atoms with Crippen molar-refractivity contribution in [2.24, 2.45) is 0 Å². The zero-order valence-electron chi connectivity index (χ0n) is 16.4. The summed E-state index contributed by atoms with van der Waals surface area (Å²) in [6.07, 6.45) is 2.21. The zero-order chi connectivity index (χ0) is 24.7. The summed E-state index contributed by atoms with van der Waals surface area (Å²) in [5, 5.41) is 10.4. The van der Waals surface area contributed by atoms with Crippen molar-refractivity contribution >= 4 is 32.9 Å². The Morgan fingerprint density at radius 2 is 1.64 bits per heavy atom. The number of hydrogen-bond donors (Lipinski definition) is 1. The van der Waals surface area contributed by atoms with Gasteiger partial charge in [0.2, 0.25) is 5.75 Å². The molecule has 0 saturated heterocycles. The van der Waals surface area contributed by atoms with Crippen LogP contribution in [0.3, 0.4) is 0 Å². The minimum Gasteiger partial charge on any atom is -0.432 e. The van der Waals surface area contributed by atoms with Gasteiger partial charge in [0.15, 0.2) is 5.75 Å². The summed E-state index contributed by atoms with van der Waals surface area (Å²) < 4.78 is 87.6. The van der Waals surface area contributed by atoms with E-state index < -0.39 is 41.2 Å². The van der Waals surface area contributed by atoms with Gasteiger partial charge in [-0.15, -0.1) is 0 Å². The Kier molecular flexibility index (Phi) is 9.34. The molecule has 2 N–H and O–H groups in total. The quantitative estimate of drug-likeness (QED) is 0.210. The van der Waals surface area contributed by atoms with E-state index in [1.54, 1.807) is 6.08 Å². The Bertz CT molecular complexity index is 1040. The highest BCUT2D eigenvalue weighted by Gasteiger charge is 2.23. The van der Waals surface area contributed by atoms with Crippen LogP contribution in [-0.2, 0) is 4.74 Å². The first kappa shape index (κ1) is 26.3. The third kappa shape index (κ3) is 7.53.